The largest absolute Gasteiger partial charge is 0.354 e. The van der Waals surface area contributed by atoms with Crippen LogP contribution >= 0.6 is 11.3 Å². The number of thiophene rings is 1. The first kappa shape index (κ1) is 10.7. The molecule has 0 spiro atoms. The predicted octanol–water partition coefficient (Wildman–Crippen LogP) is 5.50. The van der Waals surface area contributed by atoms with E-state index >= 15 is 0 Å². The van der Waals surface area contributed by atoms with Crippen molar-refractivity contribution >= 4 is 49.3 Å². The van der Waals surface area contributed by atoms with Gasteiger partial charge in [0, 0.05) is 31.4 Å². The summed E-state index contributed by atoms with van der Waals surface area (Å²) in [5.41, 5.74) is 4.03. The molecule has 1 aliphatic rings. The van der Waals surface area contributed by atoms with Gasteiger partial charge in [0.1, 0.15) is 0 Å². The summed E-state index contributed by atoms with van der Waals surface area (Å²) in [5.74, 6) is 0. The molecule has 1 aliphatic carbocycles. The Morgan fingerprint density at radius 1 is 0.950 bits per heavy atom. The van der Waals surface area contributed by atoms with E-state index in [1.54, 1.807) is 5.56 Å². The van der Waals surface area contributed by atoms with Crippen molar-refractivity contribution in [2.75, 3.05) is 0 Å². The van der Waals surface area contributed by atoms with Crippen LogP contribution in [-0.2, 0) is 6.42 Å². The first-order valence-corrected chi connectivity index (χ1v) is 7.85. The highest BCUT2D eigenvalue weighted by atomic mass is 32.1. The smallest absolute Gasteiger partial charge is 0.0479 e. The SMILES string of the molecule is C1=Cc2sc3c(ccc4[nH]c5ccccc5c43)c2CC1. The highest BCUT2D eigenvalue weighted by Crippen LogP contribution is 2.41. The van der Waals surface area contributed by atoms with Crippen LogP contribution in [0.15, 0.2) is 42.5 Å². The number of hydrogen-bond acceptors (Lipinski definition) is 1. The van der Waals surface area contributed by atoms with Gasteiger partial charge in [0.05, 0.1) is 0 Å². The third-order valence-electron chi connectivity index (χ3n) is 4.29. The topological polar surface area (TPSA) is 15.8 Å². The summed E-state index contributed by atoms with van der Waals surface area (Å²) in [6.45, 7) is 0. The Bertz CT molecular complexity index is 1000. The van der Waals surface area contributed by atoms with Crippen LogP contribution in [-0.4, -0.2) is 4.98 Å². The molecule has 4 aromatic rings. The summed E-state index contributed by atoms with van der Waals surface area (Å²) < 4.78 is 1.44. The number of H-pyrrole nitrogens is 1. The number of benzene rings is 2. The van der Waals surface area contributed by atoms with Gasteiger partial charge in [-0.2, -0.15) is 0 Å². The first-order chi connectivity index (χ1) is 9.92. The average Bonchev–Trinajstić information content (AvgIpc) is 3.04. The van der Waals surface area contributed by atoms with Gasteiger partial charge in [0.2, 0.25) is 0 Å². The molecule has 2 heteroatoms. The van der Waals surface area contributed by atoms with Crippen molar-refractivity contribution in [1.82, 2.24) is 4.98 Å². The van der Waals surface area contributed by atoms with Crippen LogP contribution in [0.1, 0.15) is 16.9 Å². The maximum atomic E-state index is 3.54. The van der Waals surface area contributed by atoms with Crippen LogP contribution in [0.2, 0.25) is 0 Å². The van der Waals surface area contributed by atoms with Crippen molar-refractivity contribution in [3.8, 4) is 0 Å². The van der Waals surface area contributed by atoms with Crippen LogP contribution in [0.3, 0.4) is 0 Å². The van der Waals surface area contributed by atoms with Crippen molar-refractivity contribution in [1.29, 1.82) is 0 Å². The molecule has 0 aliphatic heterocycles. The first-order valence-electron chi connectivity index (χ1n) is 7.03. The zero-order valence-corrected chi connectivity index (χ0v) is 11.8. The number of aromatic nitrogens is 1. The Morgan fingerprint density at radius 2 is 1.90 bits per heavy atom. The van der Waals surface area contributed by atoms with E-state index in [1.807, 2.05) is 11.3 Å². The van der Waals surface area contributed by atoms with E-state index in [1.165, 1.54) is 49.6 Å². The summed E-state index contributed by atoms with van der Waals surface area (Å²) >= 11 is 1.94. The highest BCUT2D eigenvalue weighted by Gasteiger charge is 2.16. The lowest BCUT2D eigenvalue weighted by Gasteiger charge is -2.04. The molecule has 5 rings (SSSR count). The van der Waals surface area contributed by atoms with Gasteiger partial charge in [-0.15, -0.1) is 11.3 Å². The molecule has 2 aromatic carbocycles. The van der Waals surface area contributed by atoms with Gasteiger partial charge in [0.25, 0.3) is 0 Å². The molecule has 0 fully saturated rings. The fraction of sp³-hybridized carbons (Fsp3) is 0.111. The summed E-state index contributed by atoms with van der Waals surface area (Å²) in [6, 6.07) is 13.1. The fourth-order valence-electron chi connectivity index (χ4n) is 3.37. The number of para-hydroxylation sites is 1. The van der Waals surface area contributed by atoms with Crippen LogP contribution in [0.5, 0.6) is 0 Å². The molecule has 0 saturated heterocycles. The van der Waals surface area contributed by atoms with E-state index in [2.05, 4.69) is 53.5 Å². The standard InChI is InChI=1S/C18H13NS/c1-3-7-14-13(6-1)17-15(19-14)10-9-12-11-5-2-4-8-16(11)20-18(12)17/h1,3-4,6-10,19H,2,5H2. The summed E-state index contributed by atoms with van der Waals surface area (Å²) in [7, 11) is 0. The van der Waals surface area contributed by atoms with Gasteiger partial charge in [-0.3, -0.25) is 0 Å². The second-order valence-corrected chi connectivity index (χ2v) is 6.47. The van der Waals surface area contributed by atoms with Crippen molar-refractivity contribution in [2.45, 2.75) is 12.8 Å². The molecule has 0 radical (unpaired) electrons. The van der Waals surface area contributed by atoms with E-state index < -0.39 is 0 Å². The van der Waals surface area contributed by atoms with Crippen molar-refractivity contribution in [3.63, 3.8) is 0 Å². The van der Waals surface area contributed by atoms with Gasteiger partial charge >= 0.3 is 0 Å². The Labute approximate surface area is 120 Å². The van der Waals surface area contributed by atoms with E-state index in [-0.39, 0.29) is 0 Å². The zero-order chi connectivity index (χ0) is 13.1. The van der Waals surface area contributed by atoms with Gasteiger partial charge in [-0.1, -0.05) is 30.3 Å². The summed E-state index contributed by atoms with van der Waals surface area (Å²) in [4.78, 5) is 4.99. The van der Waals surface area contributed by atoms with Gasteiger partial charge in [-0.25, -0.2) is 0 Å². The Balaban J connectivity index is 2.05. The molecule has 2 aromatic heterocycles. The van der Waals surface area contributed by atoms with Crippen LogP contribution < -0.4 is 0 Å². The second-order valence-electron chi connectivity index (χ2n) is 5.42. The molecule has 0 atom stereocenters. The zero-order valence-electron chi connectivity index (χ0n) is 10.9. The number of allylic oxidation sites excluding steroid dienone is 1. The molecular formula is C18H13NS. The maximum absolute atomic E-state index is 3.54. The normalized spacial score (nSPS) is 14.4. The minimum atomic E-state index is 1.17. The molecule has 1 nitrogen and oxygen atoms in total. The van der Waals surface area contributed by atoms with E-state index in [9.17, 15) is 0 Å². The lowest BCUT2D eigenvalue weighted by molar-refractivity contribution is 1.01. The highest BCUT2D eigenvalue weighted by molar-refractivity contribution is 7.21. The molecule has 96 valence electrons. The molecule has 0 amide bonds. The molecule has 2 heterocycles. The minimum absolute atomic E-state index is 1.17. The van der Waals surface area contributed by atoms with Gasteiger partial charge < -0.3 is 4.98 Å². The number of rotatable bonds is 0. The molecular weight excluding hydrogens is 262 g/mol. The third-order valence-corrected chi connectivity index (χ3v) is 5.52. The van der Waals surface area contributed by atoms with Crippen LogP contribution in [0.25, 0.3) is 38.0 Å². The predicted molar refractivity (Wildman–Crippen MR) is 88.5 cm³/mol. The number of aryl methyl sites for hydroxylation is 1. The Kier molecular flexibility index (Phi) is 2.00. The minimum Gasteiger partial charge on any atom is -0.354 e. The van der Waals surface area contributed by atoms with Crippen LogP contribution in [0.4, 0.5) is 0 Å². The summed E-state index contributed by atoms with van der Waals surface area (Å²) in [5, 5.41) is 4.19. The monoisotopic (exact) mass is 275 g/mol. The maximum Gasteiger partial charge on any atom is 0.0479 e. The van der Waals surface area contributed by atoms with Crippen molar-refractivity contribution in [3.05, 3.63) is 52.9 Å². The van der Waals surface area contributed by atoms with Gasteiger partial charge in [-0.05, 0) is 42.0 Å². The van der Waals surface area contributed by atoms with E-state index in [4.69, 9.17) is 0 Å². The Hall–Kier alpha value is -2.06. The number of hydrogen-bond donors (Lipinski definition) is 1. The number of fused-ring (bicyclic) bond motifs is 7. The lowest BCUT2D eigenvalue weighted by Crippen LogP contribution is -1.88. The quantitative estimate of drug-likeness (QED) is 0.436. The molecule has 0 saturated carbocycles. The van der Waals surface area contributed by atoms with Crippen molar-refractivity contribution < 1.29 is 0 Å². The van der Waals surface area contributed by atoms with Gasteiger partial charge in [0.15, 0.2) is 0 Å². The second kappa shape index (κ2) is 3.74. The number of aromatic amines is 1. The molecule has 0 bridgehead atoms. The molecule has 1 N–H and O–H groups in total. The number of nitrogens with one attached hydrogen (secondary N) is 1. The van der Waals surface area contributed by atoms with E-state index in [0.717, 1.165) is 0 Å². The lowest BCUT2D eigenvalue weighted by atomic mass is 10.00. The third kappa shape index (κ3) is 1.27. The average molecular weight is 275 g/mol. The van der Waals surface area contributed by atoms with E-state index in [0.29, 0.717) is 0 Å². The Morgan fingerprint density at radius 3 is 2.90 bits per heavy atom. The fourth-order valence-corrected chi connectivity index (χ4v) is 4.71. The molecule has 0 unspecified atom stereocenters. The molecule has 20 heavy (non-hydrogen) atoms. The summed E-state index contributed by atoms with van der Waals surface area (Å²) in [6.07, 6.45) is 6.94. The van der Waals surface area contributed by atoms with Crippen LogP contribution in [0, 0.1) is 0 Å². The van der Waals surface area contributed by atoms with Crippen molar-refractivity contribution in [2.24, 2.45) is 0 Å².